The highest BCUT2D eigenvalue weighted by Crippen LogP contribution is 2.27. The Morgan fingerprint density at radius 2 is 2.00 bits per heavy atom. The number of morpholine rings is 1. The number of fused-ring (bicyclic) bond motifs is 1. The summed E-state index contributed by atoms with van der Waals surface area (Å²) in [4.78, 5) is 11.3. The van der Waals surface area contributed by atoms with Crippen LogP contribution in [0.5, 0.6) is 0 Å². The second-order valence-electron chi connectivity index (χ2n) is 7.28. The fourth-order valence-corrected chi connectivity index (χ4v) is 4.14. The fraction of sp³-hybridized carbons (Fsp3) is 0.625. The average Bonchev–Trinajstić information content (AvgIpc) is 2.87. The molecule has 3 rings (SSSR count). The lowest BCUT2D eigenvalue weighted by Crippen LogP contribution is -2.36. The SMILES string of the molecule is C[Si](C)(C)CCOCn1c(I)cc2c(N3CCOCC3)ncnc21. The van der Waals surface area contributed by atoms with Crippen LogP contribution < -0.4 is 4.90 Å². The molecule has 0 amide bonds. The van der Waals surface area contributed by atoms with Crippen LogP contribution in [-0.2, 0) is 16.2 Å². The zero-order chi connectivity index (χ0) is 17.2. The highest BCUT2D eigenvalue weighted by Gasteiger charge is 2.19. The van der Waals surface area contributed by atoms with E-state index in [1.54, 1.807) is 6.33 Å². The summed E-state index contributed by atoms with van der Waals surface area (Å²) in [5.41, 5.74) is 0.948. The van der Waals surface area contributed by atoms with Crippen LogP contribution in [-0.4, -0.2) is 55.5 Å². The maximum absolute atomic E-state index is 5.93. The molecule has 1 aliphatic rings. The van der Waals surface area contributed by atoms with E-state index in [9.17, 15) is 0 Å². The lowest BCUT2D eigenvalue weighted by Gasteiger charge is -2.28. The third kappa shape index (κ3) is 4.27. The Morgan fingerprint density at radius 3 is 2.71 bits per heavy atom. The van der Waals surface area contributed by atoms with Gasteiger partial charge in [-0.3, -0.25) is 4.57 Å². The van der Waals surface area contributed by atoms with E-state index in [1.165, 1.54) is 6.04 Å². The molecule has 0 atom stereocenters. The van der Waals surface area contributed by atoms with Crippen LogP contribution in [0.2, 0.25) is 25.7 Å². The van der Waals surface area contributed by atoms with Gasteiger partial charge in [-0.15, -0.1) is 0 Å². The molecule has 0 saturated carbocycles. The van der Waals surface area contributed by atoms with Crippen molar-refractivity contribution in [1.29, 1.82) is 0 Å². The van der Waals surface area contributed by atoms with E-state index < -0.39 is 8.07 Å². The van der Waals surface area contributed by atoms with Crippen LogP contribution in [0.1, 0.15) is 0 Å². The maximum Gasteiger partial charge on any atom is 0.148 e. The molecule has 1 fully saturated rings. The smallest absolute Gasteiger partial charge is 0.148 e. The molecule has 1 saturated heterocycles. The molecule has 0 unspecified atom stereocenters. The van der Waals surface area contributed by atoms with Crippen molar-refractivity contribution in [3.8, 4) is 0 Å². The minimum absolute atomic E-state index is 0.547. The summed E-state index contributed by atoms with van der Waals surface area (Å²) in [5, 5.41) is 1.09. The predicted octanol–water partition coefficient (Wildman–Crippen LogP) is 3.18. The number of halogens is 1. The van der Waals surface area contributed by atoms with Crippen LogP contribution in [0.25, 0.3) is 11.0 Å². The van der Waals surface area contributed by atoms with Gasteiger partial charge in [-0.05, 0) is 34.7 Å². The lowest BCUT2D eigenvalue weighted by atomic mass is 10.3. The van der Waals surface area contributed by atoms with Crippen molar-refractivity contribution in [3.05, 3.63) is 16.1 Å². The minimum atomic E-state index is -1.06. The van der Waals surface area contributed by atoms with Crippen molar-refractivity contribution in [2.45, 2.75) is 32.4 Å². The fourth-order valence-electron chi connectivity index (χ4n) is 2.70. The molecule has 8 heteroatoms. The molecule has 0 bridgehead atoms. The Morgan fingerprint density at radius 1 is 1.25 bits per heavy atom. The molecule has 2 aromatic heterocycles. The van der Waals surface area contributed by atoms with Crippen molar-refractivity contribution in [3.63, 3.8) is 0 Å². The first-order valence-electron chi connectivity index (χ1n) is 8.36. The first-order chi connectivity index (χ1) is 11.5. The zero-order valence-electron chi connectivity index (χ0n) is 14.6. The van der Waals surface area contributed by atoms with E-state index in [2.05, 4.69) is 67.7 Å². The maximum atomic E-state index is 5.93. The van der Waals surface area contributed by atoms with Gasteiger partial charge in [0.25, 0.3) is 0 Å². The highest BCUT2D eigenvalue weighted by atomic mass is 127. The number of hydrogen-bond donors (Lipinski definition) is 0. The van der Waals surface area contributed by atoms with E-state index >= 15 is 0 Å². The summed E-state index contributed by atoms with van der Waals surface area (Å²) in [6.07, 6.45) is 1.65. The van der Waals surface area contributed by atoms with E-state index in [1.807, 2.05) is 0 Å². The molecule has 1 aliphatic heterocycles. The highest BCUT2D eigenvalue weighted by molar-refractivity contribution is 14.1. The first kappa shape index (κ1) is 18.1. The number of hydrogen-bond acceptors (Lipinski definition) is 5. The summed E-state index contributed by atoms with van der Waals surface area (Å²) < 4.78 is 14.6. The van der Waals surface area contributed by atoms with Crippen LogP contribution >= 0.6 is 22.6 Å². The van der Waals surface area contributed by atoms with Gasteiger partial charge < -0.3 is 14.4 Å². The molecule has 24 heavy (non-hydrogen) atoms. The largest absolute Gasteiger partial charge is 0.378 e. The molecular formula is C16H25IN4O2Si. The molecule has 0 N–H and O–H groups in total. The van der Waals surface area contributed by atoms with Crippen LogP contribution in [0.3, 0.4) is 0 Å². The van der Waals surface area contributed by atoms with Gasteiger partial charge in [-0.1, -0.05) is 19.6 Å². The molecule has 3 heterocycles. The Kier molecular flexibility index (Phi) is 5.78. The van der Waals surface area contributed by atoms with Gasteiger partial charge in [0, 0.05) is 27.8 Å². The predicted molar refractivity (Wildman–Crippen MR) is 107 cm³/mol. The molecule has 0 spiro atoms. The Bertz CT molecular complexity index is 695. The molecule has 0 aliphatic carbocycles. The van der Waals surface area contributed by atoms with Crippen LogP contribution in [0.4, 0.5) is 5.82 Å². The van der Waals surface area contributed by atoms with Crippen molar-refractivity contribution < 1.29 is 9.47 Å². The van der Waals surface area contributed by atoms with E-state index in [0.29, 0.717) is 6.73 Å². The average molecular weight is 460 g/mol. The van der Waals surface area contributed by atoms with Gasteiger partial charge in [0.15, 0.2) is 0 Å². The van der Waals surface area contributed by atoms with Crippen molar-refractivity contribution in [1.82, 2.24) is 14.5 Å². The quantitative estimate of drug-likeness (QED) is 0.377. The van der Waals surface area contributed by atoms with Crippen LogP contribution in [0, 0.1) is 3.70 Å². The number of anilines is 1. The van der Waals surface area contributed by atoms with Gasteiger partial charge in [0.2, 0.25) is 0 Å². The zero-order valence-corrected chi connectivity index (χ0v) is 17.7. The van der Waals surface area contributed by atoms with Crippen molar-refractivity contribution >= 4 is 47.5 Å². The molecule has 0 radical (unpaired) electrons. The molecule has 132 valence electrons. The molecule has 0 aromatic carbocycles. The second-order valence-corrected chi connectivity index (χ2v) is 14.0. The standard InChI is InChI=1S/C16H25IN4O2Si/c1-24(2,3)9-8-23-12-21-14(17)10-13-15(18-11-19-16(13)21)20-4-6-22-7-5-20/h10-11H,4-9,12H2,1-3H3. The molecule has 6 nitrogen and oxygen atoms in total. The normalized spacial score (nSPS) is 16.1. The molecule has 2 aromatic rings. The summed E-state index contributed by atoms with van der Waals surface area (Å²) >= 11 is 2.35. The number of aromatic nitrogens is 3. The first-order valence-corrected chi connectivity index (χ1v) is 13.1. The van der Waals surface area contributed by atoms with E-state index in [0.717, 1.165) is 53.5 Å². The summed E-state index contributed by atoms with van der Waals surface area (Å²) in [7, 11) is -1.06. The Balaban J connectivity index is 1.78. The third-order valence-corrected chi connectivity index (χ3v) is 6.74. The lowest BCUT2D eigenvalue weighted by molar-refractivity contribution is 0.0883. The molecular weight excluding hydrogens is 435 g/mol. The van der Waals surface area contributed by atoms with Gasteiger partial charge in [0.1, 0.15) is 24.5 Å². The number of rotatable bonds is 6. The monoisotopic (exact) mass is 460 g/mol. The number of nitrogens with zero attached hydrogens (tertiary/aromatic N) is 4. The van der Waals surface area contributed by atoms with Crippen molar-refractivity contribution in [2.75, 3.05) is 37.8 Å². The Labute approximate surface area is 157 Å². The third-order valence-electron chi connectivity index (χ3n) is 4.15. The van der Waals surface area contributed by atoms with Crippen molar-refractivity contribution in [2.24, 2.45) is 0 Å². The van der Waals surface area contributed by atoms with Gasteiger partial charge >= 0.3 is 0 Å². The number of ether oxygens (including phenoxy) is 2. The van der Waals surface area contributed by atoms with E-state index in [-0.39, 0.29) is 0 Å². The van der Waals surface area contributed by atoms with E-state index in [4.69, 9.17) is 9.47 Å². The van der Waals surface area contributed by atoms with Crippen LogP contribution in [0.15, 0.2) is 12.4 Å². The minimum Gasteiger partial charge on any atom is -0.378 e. The van der Waals surface area contributed by atoms with Gasteiger partial charge in [0.05, 0.1) is 22.3 Å². The van der Waals surface area contributed by atoms with Gasteiger partial charge in [-0.25, -0.2) is 9.97 Å². The topological polar surface area (TPSA) is 52.4 Å². The Hall–Kier alpha value is -0.713. The van der Waals surface area contributed by atoms with Gasteiger partial charge in [-0.2, -0.15) is 0 Å². The summed E-state index contributed by atoms with van der Waals surface area (Å²) in [6, 6.07) is 3.33. The summed E-state index contributed by atoms with van der Waals surface area (Å²) in [5.74, 6) is 1.00. The second kappa shape index (κ2) is 7.67. The summed E-state index contributed by atoms with van der Waals surface area (Å²) in [6.45, 7) is 11.7.